The van der Waals surface area contributed by atoms with Gasteiger partial charge in [-0.05, 0) is 57.7 Å². The molecule has 2 amide bonds. The first-order valence-corrected chi connectivity index (χ1v) is 11.8. The van der Waals surface area contributed by atoms with Crippen molar-refractivity contribution in [2.45, 2.75) is 53.0 Å². The molecule has 1 aromatic carbocycles. The first kappa shape index (κ1) is 23.9. The van der Waals surface area contributed by atoms with E-state index < -0.39 is 5.97 Å². The van der Waals surface area contributed by atoms with Gasteiger partial charge in [-0.3, -0.25) is 14.5 Å². The highest BCUT2D eigenvalue weighted by molar-refractivity contribution is 7.16. The lowest BCUT2D eigenvalue weighted by atomic mass is 10.1. The maximum Gasteiger partial charge on any atom is 0.341 e. The fourth-order valence-corrected chi connectivity index (χ4v) is 4.52. The van der Waals surface area contributed by atoms with Gasteiger partial charge in [0.25, 0.3) is 0 Å². The summed E-state index contributed by atoms with van der Waals surface area (Å²) in [6.45, 7) is 8.59. The SMILES string of the molecule is CCOC(=O)c1cc(C)sc1NC(=O)CCN(CC(=O)Nc1c(C)cccc1C)C1CC1. The van der Waals surface area contributed by atoms with Crippen LogP contribution in [0.1, 0.15) is 52.5 Å². The highest BCUT2D eigenvalue weighted by atomic mass is 32.1. The molecule has 172 valence electrons. The van der Waals surface area contributed by atoms with Gasteiger partial charge in [-0.25, -0.2) is 4.79 Å². The van der Waals surface area contributed by atoms with Crippen LogP contribution in [0.2, 0.25) is 0 Å². The summed E-state index contributed by atoms with van der Waals surface area (Å²) >= 11 is 1.35. The zero-order chi connectivity index (χ0) is 23.3. The lowest BCUT2D eigenvalue weighted by Gasteiger charge is -2.22. The number of hydrogen-bond donors (Lipinski definition) is 2. The summed E-state index contributed by atoms with van der Waals surface area (Å²) < 4.78 is 5.07. The zero-order valence-corrected chi connectivity index (χ0v) is 19.9. The van der Waals surface area contributed by atoms with E-state index in [0.29, 0.717) is 23.2 Å². The van der Waals surface area contributed by atoms with Crippen molar-refractivity contribution >= 4 is 39.8 Å². The van der Waals surface area contributed by atoms with E-state index in [-0.39, 0.29) is 31.4 Å². The number of anilines is 2. The molecule has 1 saturated carbocycles. The molecular formula is C24H31N3O4S. The number of esters is 1. The Morgan fingerprint density at radius 3 is 2.41 bits per heavy atom. The molecule has 8 heteroatoms. The topological polar surface area (TPSA) is 87.7 Å². The highest BCUT2D eigenvalue weighted by Gasteiger charge is 2.30. The van der Waals surface area contributed by atoms with Crippen molar-refractivity contribution in [3.63, 3.8) is 0 Å². The van der Waals surface area contributed by atoms with Gasteiger partial charge in [0.15, 0.2) is 0 Å². The molecule has 0 atom stereocenters. The van der Waals surface area contributed by atoms with Crippen LogP contribution in [0, 0.1) is 20.8 Å². The quantitative estimate of drug-likeness (QED) is 0.520. The van der Waals surface area contributed by atoms with Crippen LogP contribution in [0.25, 0.3) is 0 Å². The Balaban J connectivity index is 1.56. The minimum absolute atomic E-state index is 0.0758. The summed E-state index contributed by atoms with van der Waals surface area (Å²) in [5, 5.41) is 6.38. The molecule has 7 nitrogen and oxygen atoms in total. The van der Waals surface area contributed by atoms with E-state index in [4.69, 9.17) is 4.74 Å². The molecule has 0 spiro atoms. The maximum atomic E-state index is 12.7. The molecular weight excluding hydrogens is 426 g/mol. The standard InChI is InChI=1S/C24H31N3O4S/c1-5-31-24(30)19-13-17(4)32-23(19)26-20(28)11-12-27(18-9-10-18)14-21(29)25-22-15(2)7-6-8-16(22)3/h6-8,13,18H,5,9-12,14H2,1-4H3,(H,25,29)(H,26,28). The van der Waals surface area contributed by atoms with E-state index in [1.807, 2.05) is 39.0 Å². The van der Waals surface area contributed by atoms with Crippen LogP contribution in [0.3, 0.4) is 0 Å². The van der Waals surface area contributed by atoms with Crippen molar-refractivity contribution in [3.8, 4) is 0 Å². The lowest BCUT2D eigenvalue weighted by molar-refractivity contribution is -0.119. The Morgan fingerprint density at radius 2 is 1.78 bits per heavy atom. The van der Waals surface area contributed by atoms with Crippen LogP contribution in [-0.4, -0.2) is 48.4 Å². The van der Waals surface area contributed by atoms with Gasteiger partial charge in [0.1, 0.15) is 5.00 Å². The summed E-state index contributed by atoms with van der Waals surface area (Å²) in [5.74, 6) is -0.693. The normalized spacial score (nSPS) is 13.2. The number of carbonyl (C=O) groups is 3. The van der Waals surface area contributed by atoms with Gasteiger partial charge in [-0.15, -0.1) is 11.3 Å². The Bertz CT molecular complexity index is 977. The number of amides is 2. The van der Waals surface area contributed by atoms with Crippen LogP contribution in [-0.2, 0) is 14.3 Å². The zero-order valence-electron chi connectivity index (χ0n) is 19.1. The number of nitrogens with one attached hydrogen (secondary N) is 2. The summed E-state index contributed by atoms with van der Waals surface area (Å²) in [6.07, 6.45) is 2.32. The number of para-hydroxylation sites is 1. The Morgan fingerprint density at radius 1 is 1.09 bits per heavy atom. The second-order valence-corrected chi connectivity index (χ2v) is 9.39. The number of carbonyl (C=O) groups excluding carboxylic acids is 3. The van der Waals surface area contributed by atoms with Crippen molar-refractivity contribution in [3.05, 3.63) is 45.8 Å². The predicted octanol–water partition coefficient (Wildman–Crippen LogP) is 4.28. The predicted molar refractivity (Wildman–Crippen MR) is 127 cm³/mol. The molecule has 1 aliphatic carbocycles. The van der Waals surface area contributed by atoms with Crippen molar-refractivity contribution in [1.82, 2.24) is 4.90 Å². The van der Waals surface area contributed by atoms with Crippen LogP contribution in [0.4, 0.5) is 10.7 Å². The smallest absolute Gasteiger partial charge is 0.341 e. The largest absolute Gasteiger partial charge is 0.462 e. The van der Waals surface area contributed by atoms with Gasteiger partial charge < -0.3 is 15.4 Å². The fraction of sp³-hybridized carbons (Fsp3) is 0.458. The molecule has 2 aromatic rings. The molecule has 1 aliphatic rings. The number of thiophene rings is 1. The number of aryl methyl sites for hydroxylation is 3. The summed E-state index contributed by atoms with van der Waals surface area (Å²) in [4.78, 5) is 40.4. The molecule has 0 radical (unpaired) electrons. The van der Waals surface area contributed by atoms with Gasteiger partial charge in [0.05, 0.1) is 18.7 Å². The molecule has 2 N–H and O–H groups in total. The van der Waals surface area contributed by atoms with E-state index in [0.717, 1.165) is 34.5 Å². The third-order valence-corrected chi connectivity index (χ3v) is 6.35. The van der Waals surface area contributed by atoms with Gasteiger partial charge in [-0.2, -0.15) is 0 Å². The number of hydrogen-bond acceptors (Lipinski definition) is 6. The molecule has 1 heterocycles. The third-order valence-electron chi connectivity index (χ3n) is 5.39. The molecule has 1 fully saturated rings. The van der Waals surface area contributed by atoms with E-state index in [2.05, 4.69) is 15.5 Å². The van der Waals surface area contributed by atoms with Crippen molar-refractivity contribution in [2.24, 2.45) is 0 Å². The van der Waals surface area contributed by atoms with Crippen LogP contribution >= 0.6 is 11.3 Å². The first-order chi connectivity index (χ1) is 15.3. The van der Waals surface area contributed by atoms with Crippen LogP contribution < -0.4 is 10.6 Å². The summed E-state index contributed by atoms with van der Waals surface area (Å²) in [7, 11) is 0. The van der Waals surface area contributed by atoms with Gasteiger partial charge >= 0.3 is 5.97 Å². The van der Waals surface area contributed by atoms with Crippen molar-refractivity contribution in [2.75, 3.05) is 30.3 Å². The molecule has 32 heavy (non-hydrogen) atoms. The van der Waals surface area contributed by atoms with E-state index in [9.17, 15) is 14.4 Å². The summed E-state index contributed by atoms with van der Waals surface area (Å²) in [6, 6.07) is 7.99. The molecule has 3 rings (SSSR count). The molecule has 0 bridgehead atoms. The molecule has 0 unspecified atom stereocenters. The number of nitrogens with zero attached hydrogens (tertiary/aromatic N) is 1. The number of rotatable bonds is 10. The number of ether oxygens (including phenoxy) is 1. The molecule has 0 aliphatic heterocycles. The average molecular weight is 458 g/mol. The van der Waals surface area contributed by atoms with Gasteiger partial charge in [0, 0.05) is 29.6 Å². The average Bonchev–Trinajstić information content (AvgIpc) is 3.51. The monoisotopic (exact) mass is 457 g/mol. The lowest BCUT2D eigenvalue weighted by Crippen LogP contribution is -2.37. The number of benzene rings is 1. The van der Waals surface area contributed by atoms with E-state index >= 15 is 0 Å². The molecule has 0 saturated heterocycles. The minimum Gasteiger partial charge on any atom is -0.462 e. The van der Waals surface area contributed by atoms with Gasteiger partial charge in [0.2, 0.25) is 11.8 Å². The fourth-order valence-electron chi connectivity index (χ4n) is 3.61. The maximum absolute atomic E-state index is 12.7. The Hall–Kier alpha value is -2.71. The third kappa shape index (κ3) is 6.40. The van der Waals surface area contributed by atoms with Crippen molar-refractivity contribution < 1.29 is 19.1 Å². The summed E-state index contributed by atoms with van der Waals surface area (Å²) in [5.41, 5.74) is 3.29. The highest BCUT2D eigenvalue weighted by Crippen LogP contribution is 2.29. The van der Waals surface area contributed by atoms with E-state index in [1.54, 1.807) is 13.0 Å². The second kappa shape index (κ2) is 10.7. The van der Waals surface area contributed by atoms with Crippen LogP contribution in [0.5, 0.6) is 0 Å². The minimum atomic E-state index is -0.435. The van der Waals surface area contributed by atoms with E-state index in [1.165, 1.54) is 11.3 Å². The molecule has 1 aromatic heterocycles. The van der Waals surface area contributed by atoms with Crippen molar-refractivity contribution in [1.29, 1.82) is 0 Å². The second-order valence-electron chi connectivity index (χ2n) is 8.14. The first-order valence-electron chi connectivity index (χ1n) is 11.0. The van der Waals surface area contributed by atoms with Gasteiger partial charge in [-0.1, -0.05) is 18.2 Å². The Labute approximate surface area is 193 Å². The Kier molecular flexibility index (Phi) is 8.04. The van der Waals surface area contributed by atoms with Crippen LogP contribution in [0.15, 0.2) is 24.3 Å².